The lowest BCUT2D eigenvalue weighted by atomic mass is 10.2. The minimum atomic E-state index is -1.18. The molecule has 3 rings (SSSR count). The van der Waals surface area contributed by atoms with Gasteiger partial charge in [-0.1, -0.05) is 41.4 Å². The molecule has 1 saturated heterocycles. The first kappa shape index (κ1) is 17.7. The highest BCUT2D eigenvalue weighted by Crippen LogP contribution is 2.43. The van der Waals surface area contributed by atoms with Crippen molar-refractivity contribution < 1.29 is 19.0 Å². The fourth-order valence-electron chi connectivity index (χ4n) is 2.26. The third kappa shape index (κ3) is 3.92. The molecule has 0 aliphatic carbocycles. The summed E-state index contributed by atoms with van der Waals surface area (Å²) in [6, 6.07) is 13.8. The number of ether oxygens (including phenoxy) is 3. The Morgan fingerprint density at radius 3 is 2.71 bits per heavy atom. The van der Waals surface area contributed by atoms with Crippen LogP contribution in [0.3, 0.4) is 0 Å². The van der Waals surface area contributed by atoms with E-state index in [1.807, 2.05) is 6.07 Å². The number of halogens is 3. The Morgan fingerprint density at radius 2 is 2.00 bits per heavy atom. The standard InChI is InChI=1S/C17H13BrCl2O4/c18-17(14-7-6-12(19)8-15(14)20)23-10-13(24-17)9-22-16(21)11-4-2-1-3-5-11/h1-8,13H,9-10H2/t13-,17+/m1/s1. The lowest BCUT2D eigenvalue weighted by Crippen LogP contribution is -2.24. The van der Waals surface area contributed by atoms with E-state index in [1.165, 1.54) is 0 Å². The average Bonchev–Trinajstić information content (AvgIpc) is 2.95. The van der Waals surface area contributed by atoms with E-state index >= 15 is 0 Å². The van der Waals surface area contributed by atoms with Gasteiger partial charge in [-0.3, -0.25) is 0 Å². The second-order valence-corrected chi connectivity index (χ2v) is 7.06. The molecule has 1 aliphatic heterocycles. The van der Waals surface area contributed by atoms with Crippen LogP contribution < -0.4 is 0 Å². The van der Waals surface area contributed by atoms with Crippen molar-refractivity contribution >= 4 is 45.1 Å². The van der Waals surface area contributed by atoms with E-state index in [0.29, 0.717) is 21.2 Å². The first-order valence-electron chi connectivity index (χ1n) is 7.16. The van der Waals surface area contributed by atoms with Crippen LogP contribution in [-0.4, -0.2) is 25.3 Å². The molecule has 7 heteroatoms. The smallest absolute Gasteiger partial charge is 0.338 e. The summed E-state index contributed by atoms with van der Waals surface area (Å²) in [6.07, 6.45) is -0.413. The molecule has 1 aliphatic rings. The third-order valence-electron chi connectivity index (χ3n) is 3.44. The fraction of sp³-hybridized carbons (Fsp3) is 0.235. The molecule has 2 atom stereocenters. The Balaban J connectivity index is 1.62. The van der Waals surface area contributed by atoms with E-state index in [-0.39, 0.29) is 13.2 Å². The van der Waals surface area contributed by atoms with E-state index in [0.717, 1.165) is 0 Å². The highest BCUT2D eigenvalue weighted by atomic mass is 79.9. The molecule has 0 N–H and O–H groups in total. The van der Waals surface area contributed by atoms with Crippen LogP contribution in [0.1, 0.15) is 15.9 Å². The molecule has 0 bridgehead atoms. The van der Waals surface area contributed by atoms with Crippen LogP contribution in [0, 0.1) is 0 Å². The molecule has 0 saturated carbocycles. The molecule has 24 heavy (non-hydrogen) atoms. The van der Waals surface area contributed by atoms with Crippen LogP contribution in [0.4, 0.5) is 0 Å². The topological polar surface area (TPSA) is 44.8 Å². The predicted molar refractivity (Wildman–Crippen MR) is 94.6 cm³/mol. The van der Waals surface area contributed by atoms with Crippen molar-refractivity contribution in [3.05, 3.63) is 69.7 Å². The Labute approximate surface area is 157 Å². The summed E-state index contributed by atoms with van der Waals surface area (Å²) < 4.78 is 15.6. The molecule has 1 heterocycles. The van der Waals surface area contributed by atoms with Gasteiger partial charge in [-0.2, -0.15) is 0 Å². The van der Waals surface area contributed by atoms with Gasteiger partial charge in [0.15, 0.2) is 0 Å². The molecule has 126 valence electrons. The molecule has 0 radical (unpaired) electrons. The zero-order valence-corrected chi connectivity index (χ0v) is 15.5. The first-order chi connectivity index (χ1) is 11.5. The highest BCUT2D eigenvalue weighted by molar-refractivity contribution is 9.09. The SMILES string of the molecule is O=C(OC[C@@H]1CO[C@@](Br)(c2ccc(Cl)cc2Cl)O1)c1ccccc1. The van der Waals surface area contributed by atoms with Crippen LogP contribution in [0.15, 0.2) is 48.5 Å². The number of benzene rings is 2. The van der Waals surface area contributed by atoms with Crippen LogP contribution >= 0.6 is 39.1 Å². The van der Waals surface area contributed by atoms with Crippen molar-refractivity contribution in [2.75, 3.05) is 13.2 Å². The van der Waals surface area contributed by atoms with Gasteiger partial charge < -0.3 is 14.2 Å². The largest absolute Gasteiger partial charge is 0.459 e. The van der Waals surface area contributed by atoms with Crippen molar-refractivity contribution in [3.8, 4) is 0 Å². The van der Waals surface area contributed by atoms with E-state index in [9.17, 15) is 4.79 Å². The monoisotopic (exact) mass is 430 g/mol. The van der Waals surface area contributed by atoms with E-state index < -0.39 is 16.8 Å². The second-order valence-electron chi connectivity index (χ2n) is 5.18. The summed E-state index contributed by atoms with van der Waals surface area (Å²) in [4.78, 5) is 12.0. The van der Waals surface area contributed by atoms with Crippen molar-refractivity contribution in [1.82, 2.24) is 0 Å². The fourth-order valence-corrected chi connectivity index (χ4v) is 3.65. The summed E-state index contributed by atoms with van der Waals surface area (Å²) in [5.41, 5.74) is 1.09. The number of esters is 1. The van der Waals surface area contributed by atoms with Crippen molar-refractivity contribution in [2.24, 2.45) is 0 Å². The summed E-state index contributed by atoms with van der Waals surface area (Å²) in [7, 11) is 0. The van der Waals surface area contributed by atoms with Gasteiger partial charge in [0.1, 0.15) is 12.7 Å². The van der Waals surface area contributed by atoms with Crippen molar-refractivity contribution in [2.45, 2.75) is 10.8 Å². The predicted octanol–water partition coefficient (Wildman–Crippen LogP) is 4.77. The van der Waals surface area contributed by atoms with Gasteiger partial charge in [-0.15, -0.1) is 0 Å². The van der Waals surface area contributed by atoms with E-state index in [4.69, 9.17) is 37.4 Å². The second kappa shape index (κ2) is 7.42. The zero-order valence-electron chi connectivity index (χ0n) is 12.4. The first-order valence-corrected chi connectivity index (χ1v) is 8.71. The van der Waals surface area contributed by atoms with Gasteiger partial charge in [0.2, 0.25) is 0 Å². The quantitative estimate of drug-likeness (QED) is 0.516. The molecule has 0 aromatic heterocycles. The van der Waals surface area contributed by atoms with Gasteiger partial charge >= 0.3 is 5.97 Å². The number of alkyl halides is 1. The third-order valence-corrected chi connectivity index (χ3v) is 4.83. The molecular formula is C17H13BrCl2O4. The number of hydrogen-bond acceptors (Lipinski definition) is 4. The van der Waals surface area contributed by atoms with Gasteiger partial charge in [0.25, 0.3) is 4.70 Å². The lowest BCUT2D eigenvalue weighted by Gasteiger charge is -2.22. The van der Waals surface area contributed by atoms with Gasteiger partial charge in [0.05, 0.1) is 17.2 Å². The molecule has 0 amide bonds. The Morgan fingerprint density at radius 1 is 1.25 bits per heavy atom. The maximum Gasteiger partial charge on any atom is 0.338 e. The minimum Gasteiger partial charge on any atom is -0.459 e. The van der Waals surface area contributed by atoms with Gasteiger partial charge in [-0.05, 0) is 46.3 Å². The Hall–Kier alpha value is -1.11. The van der Waals surface area contributed by atoms with Crippen LogP contribution in [0.2, 0.25) is 10.0 Å². The average molecular weight is 432 g/mol. The van der Waals surface area contributed by atoms with E-state index in [1.54, 1.807) is 42.5 Å². The van der Waals surface area contributed by atoms with Crippen LogP contribution in [0.25, 0.3) is 0 Å². The molecule has 0 unspecified atom stereocenters. The number of rotatable bonds is 4. The highest BCUT2D eigenvalue weighted by Gasteiger charge is 2.43. The van der Waals surface area contributed by atoms with Gasteiger partial charge in [-0.25, -0.2) is 4.79 Å². The summed E-state index contributed by atoms with van der Waals surface area (Å²) in [5, 5.41) is 0.937. The zero-order chi connectivity index (χ0) is 17.2. The minimum absolute atomic E-state index is 0.0757. The Bertz CT molecular complexity index is 741. The maximum atomic E-state index is 12.0. The summed E-state index contributed by atoms with van der Waals surface area (Å²) in [6.45, 7) is 0.332. The number of hydrogen-bond donors (Lipinski definition) is 0. The van der Waals surface area contributed by atoms with Crippen molar-refractivity contribution in [3.63, 3.8) is 0 Å². The molecule has 2 aromatic carbocycles. The maximum absolute atomic E-state index is 12.0. The van der Waals surface area contributed by atoms with E-state index in [2.05, 4.69) is 15.9 Å². The summed E-state index contributed by atoms with van der Waals surface area (Å²) in [5.74, 6) is -0.407. The lowest BCUT2D eigenvalue weighted by molar-refractivity contribution is -0.0962. The summed E-state index contributed by atoms with van der Waals surface area (Å²) >= 11 is 15.5. The van der Waals surface area contributed by atoms with Crippen LogP contribution in [0.5, 0.6) is 0 Å². The van der Waals surface area contributed by atoms with Crippen LogP contribution in [-0.2, 0) is 18.9 Å². The number of carbonyl (C=O) groups is 1. The number of carbonyl (C=O) groups excluding carboxylic acids is 1. The van der Waals surface area contributed by atoms with Gasteiger partial charge in [0, 0.05) is 10.6 Å². The Kier molecular flexibility index (Phi) is 5.47. The molecule has 4 nitrogen and oxygen atoms in total. The normalized spacial score (nSPS) is 23.2. The molecule has 0 spiro atoms. The molecular weight excluding hydrogens is 419 g/mol. The van der Waals surface area contributed by atoms with Crippen molar-refractivity contribution in [1.29, 1.82) is 0 Å². The molecule has 1 fully saturated rings. The molecule has 2 aromatic rings.